The van der Waals surface area contributed by atoms with Crippen LogP contribution in [0.3, 0.4) is 0 Å². The van der Waals surface area contributed by atoms with E-state index in [1.165, 1.54) is 12.3 Å². The molecular weight excluding hydrogens is 320 g/mol. The fraction of sp³-hybridized carbons (Fsp3) is 0.0526. The first-order valence-electron chi connectivity index (χ1n) is 7.54. The monoisotopic (exact) mass is 336 g/mol. The van der Waals surface area contributed by atoms with Gasteiger partial charge in [-0.1, -0.05) is 12.1 Å². The quantitative estimate of drug-likeness (QED) is 0.685. The lowest BCUT2D eigenvalue weighted by Gasteiger charge is -2.09. The van der Waals surface area contributed by atoms with Crippen LogP contribution in [0.2, 0.25) is 0 Å². The van der Waals surface area contributed by atoms with Crippen LogP contribution < -0.4 is 14.8 Å². The number of hydrogen-bond donors (Lipinski definition) is 1. The Balaban J connectivity index is 1.61. The summed E-state index contributed by atoms with van der Waals surface area (Å²) in [5.74, 6) is 1.90. The van der Waals surface area contributed by atoms with Gasteiger partial charge in [0.05, 0.1) is 25.3 Å². The van der Waals surface area contributed by atoms with E-state index < -0.39 is 0 Å². The zero-order chi connectivity index (χ0) is 17.5. The largest absolute Gasteiger partial charge is 0.493 e. The van der Waals surface area contributed by atoms with Crippen molar-refractivity contribution in [2.75, 3.05) is 12.4 Å². The summed E-state index contributed by atoms with van der Waals surface area (Å²) in [5, 5.41) is 2.71. The first kappa shape index (κ1) is 16.3. The molecule has 0 aliphatic heterocycles. The number of anilines is 1. The Morgan fingerprint density at radius 2 is 1.96 bits per heavy atom. The topological polar surface area (TPSA) is 73.6 Å². The van der Waals surface area contributed by atoms with Crippen LogP contribution >= 0.6 is 0 Å². The highest BCUT2D eigenvalue weighted by Crippen LogP contribution is 2.30. The minimum atomic E-state index is -0.281. The van der Waals surface area contributed by atoms with Crippen molar-refractivity contribution in [2.45, 2.75) is 0 Å². The second-order valence-corrected chi connectivity index (χ2v) is 4.98. The van der Waals surface area contributed by atoms with Gasteiger partial charge in [-0.15, -0.1) is 0 Å². The molecule has 3 rings (SSSR count). The third kappa shape index (κ3) is 4.48. The fourth-order valence-electron chi connectivity index (χ4n) is 2.06. The van der Waals surface area contributed by atoms with Crippen LogP contribution in [-0.4, -0.2) is 18.0 Å². The third-order valence-corrected chi connectivity index (χ3v) is 3.23. The Hall–Kier alpha value is -3.54. The molecule has 0 radical (unpaired) electrons. The summed E-state index contributed by atoms with van der Waals surface area (Å²) in [4.78, 5) is 16.0. The Kier molecular flexibility index (Phi) is 5.11. The van der Waals surface area contributed by atoms with Gasteiger partial charge in [0.2, 0.25) is 11.8 Å². The first-order chi connectivity index (χ1) is 12.2. The van der Waals surface area contributed by atoms with E-state index in [0.29, 0.717) is 28.8 Å². The molecule has 1 amide bonds. The van der Waals surface area contributed by atoms with Gasteiger partial charge in [0.15, 0.2) is 11.5 Å². The average molecular weight is 336 g/mol. The predicted molar refractivity (Wildman–Crippen MR) is 93.7 cm³/mol. The summed E-state index contributed by atoms with van der Waals surface area (Å²) in [7, 11) is 1.57. The number of nitrogens with zero attached hydrogens (tertiary/aromatic N) is 1. The van der Waals surface area contributed by atoms with Crippen LogP contribution in [0.1, 0.15) is 5.76 Å². The number of carbonyl (C=O) groups excluding carboxylic acids is 1. The highest BCUT2D eigenvalue weighted by atomic mass is 16.5. The average Bonchev–Trinajstić information content (AvgIpc) is 3.16. The molecule has 2 heterocycles. The maximum atomic E-state index is 11.9. The van der Waals surface area contributed by atoms with E-state index in [0.717, 1.165) is 0 Å². The van der Waals surface area contributed by atoms with Gasteiger partial charge in [0, 0.05) is 12.1 Å². The van der Waals surface area contributed by atoms with Gasteiger partial charge in [0.25, 0.3) is 0 Å². The molecule has 0 aliphatic carbocycles. The van der Waals surface area contributed by atoms with Crippen LogP contribution in [0.15, 0.2) is 71.5 Å². The second-order valence-electron chi connectivity index (χ2n) is 4.98. The highest BCUT2D eigenvalue weighted by Gasteiger charge is 2.06. The summed E-state index contributed by atoms with van der Waals surface area (Å²) in [5.41, 5.74) is 0.557. The molecule has 0 unspecified atom stereocenters. The summed E-state index contributed by atoms with van der Waals surface area (Å²) < 4.78 is 16.0. The SMILES string of the molecule is COc1ccccc1Oc1ccc(NC(=O)/C=C/c2ccco2)cn1. The van der Waals surface area contributed by atoms with Crippen molar-refractivity contribution in [3.8, 4) is 17.4 Å². The van der Waals surface area contributed by atoms with Crippen molar-refractivity contribution in [3.05, 3.63) is 72.8 Å². The van der Waals surface area contributed by atoms with Crippen LogP contribution in [0.25, 0.3) is 6.08 Å². The van der Waals surface area contributed by atoms with E-state index >= 15 is 0 Å². The van der Waals surface area contributed by atoms with Crippen molar-refractivity contribution < 1.29 is 18.7 Å². The number of carbonyl (C=O) groups is 1. The van der Waals surface area contributed by atoms with Crippen molar-refractivity contribution in [1.29, 1.82) is 0 Å². The number of ether oxygens (including phenoxy) is 2. The van der Waals surface area contributed by atoms with Gasteiger partial charge in [-0.2, -0.15) is 0 Å². The van der Waals surface area contributed by atoms with Crippen LogP contribution in [-0.2, 0) is 4.79 Å². The van der Waals surface area contributed by atoms with Gasteiger partial charge in [-0.05, 0) is 36.4 Å². The lowest BCUT2D eigenvalue weighted by atomic mass is 10.3. The molecule has 0 aliphatic rings. The van der Waals surface area contributed by atoms with Gasteiger partial charge in [-0.3, -0.25) is 4.79 Å². The molecule has 1 aromatic carbocycles. The Labute approximate surface area is 144 Å². The van der Waals surface area contributed by atoms with Gasteiger partial charge in [0.1, 0.15) is 5.76 Å². The van der Waals surface area contributed by atoms with Crippen LogP contribution in [0.5, 0.6) is 17.4 Å². The maximum absolute atomic E-state index is 11.9. The van der Waals surface area contributed by atoms with E-state index in [1.54, 1.807) is 55.8 Å². The molecule has 6 nitrogen and oxygen atoms in total. The smallest absolute Gasteiger partial charge is 0.248 e. The summed E-state index contributed by atoms with van der Waals surface area (Å²) in [6.07, 6.45) is 6.03. The zero-order valence-electron chi connectivity index (χ0n) is 13.5. The molecule has 0 bridgehead atoms. The molecule has 0 atom stereocenters. The van der Waals surface area contributed by atoms with E-state index in [9.17, 15) is 4.79 Å². The molecule has 0 fully saturated rings. The van der Waals surface area contributed by atoms with Crippen LogP contribution in [0.4, 0.5) is 5.69 Å². The Morgan fingerprint density at radius 1 is 1.12 bits per heavy atom. The van der Waals surface area contributed by atoms with E-state index in [4.69, 9.17) is 13.9 Å². The van der Waals surface area contributed by atoms with Crippen LogP contribution in [0, 0.1) is 0 Å². The minimum absolute atomic E-state index is 0.281. The Bertz CT molecular complexity index is 855. The summed E-state index contributed by atoms with van der Waals surface area (Å²) in [6, 6.07) is 14.2. The summed E-state index contributed by atoms with van der Waals surface area (Å²) in [6.45, 7) is 0. The predicted octanol–water partition coefficient (Wildman–Crippen LogP) is 4.13. The molecule has 0 saturated heterocycles. The fourth-order valence-corrected chi connectivity index (χ4v) is 2.06. The van der Waals surface area contributed by atoms with E-state index in [1.807, 2.05) is 12.1 Å². The van der Waals surface area contributed by atoms with Gasteiger partial charge >= 0.3 is 0 Å². The highest BCUT2D eigenvalue weighted by molar-refractivity contribution is 6.01. The number of methoxy groups -OCH3 is 1. The van der Waals surface area contributed by atoms with E-state index in [2.05, 4.69) is 10.3 Å². The minimum Gasteiger partial charge on any atom is -0.493 e. The lowest BCUT2D eigenvalue weighted by Crippen LogP contribution is -2.07. The normalized spacial score (nSPS) is 10.6. The molecule has 2 aromatic heterocycles. The molecule has 126 valence electrons. The van der Waals surface area contributed by atoms with E-state index in [-0.39, 0.29) is 5.91 Å². The molecule has 0 spiro atoms. The first-order valence-corrected chi connectivity index (χ1v) is 7.54. The number of nitrogens with one attached hydrogen (secondary N) is 1. The number of furan rings is 1. The van der Waals surface area contributed by atoms with Gasteiger partial charge < -0.3 is 19.2 Å². The Morgan fingerprint density at radius 3 is 2.64 bits per heavy atom. The number of pyridine rings is 1. The van der Waals surface area contributed by atoms with Crippen molar-refractivity contribution in [1.82, 2.24) is 4.98 Å². The standard InChI is InChI=1S/C19H16N2O4/c1-23-16-6-2-3-7-17(16)25-19-11-8-14(13-20-19)21-18(22)10-9-15-5-4-12-24-15/h2-13H,1H3,(H,21,22)/b10-9+. The maximum Gasteiger partial charge on any atom is 0.248 e. The second kappa shape index (κ2) is 7.83. The lowest BCUT2D eigenvalue weighted by molar-refractivity contribution is -0.111. The molecular formula is C19H16N2O4. The van der Waals surface area contributed by atoms with Crippen molar-refractivity contribution >= 4 is 17.7 Å². The number of hydrogen-bond acceptors (Lipinski definition) is 5. The summed E-state index contributed by atoms with van der Waals surface area (Å²) >= 11 is 0. The number of benzene rings is 1. The van der Waals surface area contributed by atoms with Crippen molar-refractivity contribution in [2.24, 2.45) is 0 Å². The number of amides is 1. The third-order valence-electron chi connectivity index (χ3n) is 3.23. The molecule has 1 N–H and O–H groups in total. The zero-order valence-corrected chi connectivity index (χ0v) is 13.5. The number of rotatable bonds is 6. The number of aromatic nitrogens is 1. The molecule has 0 saturated carbocycles. The molecule has 25 heavy (non-hydrogen) atoms. The molecule has 3 aromatic rings. The van der Waals surface area contributed by atoms with Gasteiger partial charge in [-0.25, -0.2) is 4.98 Å². The number of para-hydroxylation sites is 2. The molecule has 6 heteroatoms. The van der Waals surface area contributed by atoms with Crippen molar-refractivity contribution in [3.63, 3.8) is 0 Å².